The molecule has 0 aromatic rings. The van der Waals surface area contributed by atoms with Crippen molar-refractivity contribution in [2.45, 2.75) is 84.0 Å². The predicted octanol–water partition coefficient (Wildman–Crippen LogP) is 5.67. The summed E-state index contributed by atoms with van der Waals surface area (Å²) in [5, 5.41) is 22.3. The summed E-state index contributed by atoms with van der Waals surface area (Å²) in [6.07, 6.45) is 17.5. The van der Waals surface area contributed by atoms with E-state index in [1.54, 1.807) is 0 Å². The van der Waals surface area contributed by atoms with Gasteiger partial charge in [0.1, 0.15) is 6.42 Å². The maximum atomic E-state index is 11.2. The van der Waals surface area contributed by atoms with Gasteiger partial charge in [0, 0.05) is 6.42 Å². The van der Waals surface area contributed by atoms with Crippen molar-refractivity contribution in [3.8, 4) is 0 Å². The first-order valence-corrected chi connectivity index (χ1v) is 9.69. The van der Waals surface area contributed by atoms with Crippen LogP contribution in [0.15, 0.2) is 35.7 Å². The molecule has 0 aliphatic carbocycles. The first kappa shape index (κ1) is 24.7. The number of nitro groups is 2. The van der Waals surface area contributed by atoms with E-state index in [9.17, 15) is 25.0 Å². The maximum Gasteiger partial charge on any atom is 0.253 e. The smallest absolute Gasteiger partial charge is 0.253 e. The molecule has 27 heavy (non-hydrogen) atoms. The predicted molar refractivity (Wildman–Crippen MR) is 106 cm³/mol. The number of hydrogen-bond donors (Lipinski definition) is 0. The number of rotatable bonds is 17. The second-order valence-corrected chi connectivity index (χ2v) is 6.38. The molecule has 0 heterocycles. The van der Waals surface area contributed by atoms with Gasteiger partial charge >= 0.3 is 0 Å². The fourth-order valence-electron chi connectivity index (χ4n) is 2.50. The zero-order valence-corrected chi connectivity index (χ0v) is 16.2. The van der Waals surface area contributed by atoms with E-state index < -0.39 is 9.85 Å². The molecule has 0 unspecified atom stereocenters. The van der Waals surface area contributed by atoms with Gasteiger partial charge in [-0.05, 0) is 50.7 Å². The van der Waals surface area contributed by atoms with Gasteiger partial charge in [0.15, 0.2) is 6.29 Å². The molecular formula is C20H31N2O5. The highest BCUT2D eigenvalue weighted by molar-refractivity contribution is 5.50. The van der Waals surface area contributed by atoms with Crippen LogP contribution in [0.1, 0.15) is 84.0 Å². The van der Waals surface area contributed by atoms with Crippen LogP contribution in [0.2, 0.25) is 0 Å². The van der Waals surface area contributed by atoms with Crippen LogP contribution < -0.4 is 0 Å². The van der Waals surface area contributed by atoms with Crippen molar-refractivity contribution in [2.24, 2.45) is 0 Å². The van der Waals surface area contributed by atoms with E-state index in [0.29, 0.717) is 19.3 Å². The van der Waals surface area contributed by atoms with Crippen LogP contribution in [0.5, 0.6) is 0 Å². The van der Waals surface area contributed by atoms with Crippen LogP contribution in [0, 0.1) is 20.2 Å². The van der Waals surface area contributed by atoms with Gasteiger partial charge in [-0.3, -0.25) is 25.0 Å². The van der Waals surface area contributed by atoms with Crippen LogP contribution in [-0.2, 0) is 4.79 Å². The zero-order valence-electron chi connectivity index (χ0n) is 16.2. The molecule has 7 nitrogen and oxygen atoms in total. The molecule has 0 aliphatic heterocycles. The molecule has 0 N–H and O–H groups in total. The van der Waals surface area contributed by atoms with E-state index in [1.807, 2.05) is 25.4 Å². The Labute approximate surface area is 161 Å². The SMILES string of the molecule is CCCCC/C=C(/C/C(=C/C/C=C/CCCCCC[C]=O)[N+](=O)[O-])[N+](=O)[O-]. The Hall–Kier alpha value is -2.31. The minimum atomic E-state index is -0.540. The van der Waals surface area contributed by atoms with Crippen molar-refractivity contribution in [3.05, 3.63) is 55.9 Å². The van der Waals surface area contributed by atoms with E-state index in [1.165, 1.54) is 12.2 Å². The van der Waals surface area contributed by atoms with E-state index >= 15 is 0 Å². The summed E-state index contributed by atoms with van der Waals surface area (Å²) in [5.41, 5.74) is -0.242. The Bertz CT molecular complexity index is 538. The summed E-state index contributed by atoms with van der Waals surface area (Å²) >= 11 is 0. The standard InChI is InChI=1S/C20H31N2O5/c1-2-3-4-12-15-19(21(24)25)18-20(22(26)27)16-13-10-8-6-5-7-9-11-14-17-23/h8,10,15-16H,2-7,9,11-14,18H2,1H3/b10-8+,19-15-,20-16-. The number of allylic oxidation sites excluding steroid dienone is 4. The minimum absolute atomic E-state index is 0.106. The molecule has 0 fully saturated rings. The minimum Gasteiger partial charge on any atom is -0.291 e. The topological polar surface area (TPSA) is 103 Å². The summed E-state index contributed by atoms with van der Waals surface area (Å²) in [6, 6.07) is 0. The Balaban J connectivity index is 4.42. The molecule has 0 bridgehead atoms. The first-order chi connectivity index (χ1) is 13.0. The molecular weight excluding hydrogens is 348 g/mol. The lowest BCUT2D eigenvalue weighted by molar-refractivity contribution is -0.450. The average molecular weight is 379 g/mol. The van der Waals surface area contributed by atoms with Gasteiger partial charge in [-0.25, -0.2) is 0 Å². The molecule has 0 rings (SSSR count). The van der Waals surface area contributed by atoms with Gasteiger partial charge in [0.25, 0.3) is 11.4 Å². The number of carbonyl (C=O) groups excluding carboxylic acids is 1. The van der Waals surface area contributed by atoms with Gasteiger partial charge in [0.05, 0.1) is 9.85 Å². The molecule has 0 aromatic carbocycles. The lowest BCUT2D eigenvalue weighted by Gasteiger charge is -1.99. The fourth-order valence-corrected chi connectivity index (χ4v) is 2.50. The molecule has 1 radical (unpaired) electrons. The van der Waals surface area contributed by atoms with Crippen molar-refractivity contribution in [1.82, 2.24) is 0 Å². The quantitative estimate of drug-likeness (QED) is 0.140. The molecule has 0 aromatic heterocycles. The maximum absolute atomic E-state index is 11.2. The Morgan fingerprint density at radius 1 is 0.852 bits per heavy atom. The van der Waals surface area contributed by atoms with Crippen molar-refractivity contribution in [1.29, 1.82) is 0 Å². The average Bonchev–Trinajstić information content (AvgIpc) is 2.63. The van der Waals surface area contributed by atoms with Gasteiger partial charge in [-0.1, -0.05) is 44.8 Å². The van der Waals surface area contributed by atoms with E-state index in [2.05, 4.69) is 0 Å². The second kappa shape index (κ2) is 17.1. The summed E-state index contributed by atoms with van der Waals surface area (Å²) in [6.45, 7) is 2.05. The first-order valence-electron chi connectivity index (χ1n) is 9.69. The molecule has 0 aliphatic rings. The Morgan fingerprint density at radius 3 is 2.11 bits per heavy atom. The fraction of sp³-hybridized carbons (Fsp3) is 0.650. The van der Waals surface area contributed by atoms with Crippen molar-refractivity contribution in [3.63, 3.8) is 0 Å². The highest BCUT2D eigenvalue weighted by atomic mass is 16.6. The zero-order chi connectivity index (χ0) is 20.3. The largest absolute Gasteiger partial charge is 0.291 e. The molecule has 151 valence electrons. The van der Waals surface area contributed by atoms with E-state index in [0.717, 1.165) is 51.4 Å². The summed E-state index contributed by atoms with van der Waals surface area (Å²) in [7, 11) is 0. The summed E-state index contributed by atoms with van der Waals surface area (Å²) in [5.74, 6) is 0. The number of hydrogen-bond acceptors (Lipinski definition) is 5. The van der Waals surface area contributed by atoms with Crippen LogP contribution >= 0.6 is 0 Å². The highest BCUT2D eigenvalue weighted by Crippen LogP contribution is 2.15. The normalized spacial score (nSPS) is 12.5. The number of nitrogens with zero attached hydrogens (tertiary/aromatic N) is 2. The van der Waals surface area contributed by atoms with E-state index in [-0.39, 0.29) is 17.8 Å². The lowest BCUT2D eigenvalue weighted by Crippen LogP contribution is -2.06. The third-order valence-electron chi connectivity index (χ3n) is 4.07. The van der Waals surface area contributed by atoms with Gasteiger partial charge in [-0.2, -0.15) is 0 Å². The van der Waals surface area contributed by atoms with Gasteiger partial charge in [0.2, 0.25) is 0 Å². The summed E-state index contributed by atoms with van der Waals surface area (Å²) < 4.78 is 0. The van der Waals surface area contributed by atoms with Crippen LogP contribution in [0.4, 0.5) is 0 Å². The molecule has 0 spiro atoms. The van der Waals surface area contributed by atoms with Crippen molar-refractivity contribution >= 4 is 6.29 Å². The van der Waals surface area contributed by atoms with Crippen LogP contribution in [0.25, 0.3) is 0 Å². The van der Waals surface area contributed by atoms with Crippen LogP contribution in [-0.4, -0.2) is 16.1 Å². The Kier molecular flexibility index (Phi) is 15.7. The lowest BCUT2D eigenvalue weighted by atomic mass is 10.1. The van der Waals surface area contributed by atoms with E-state index in [4.69, 9.17) is 0 Å². The molecule has 0 saturated carbocycles. The molecule has 0 saturated heterocycles. The van der Waals surface area contributed by atoms with Crippen LogP contribution in [0.3, 0.4) is 0 Å². The highest BCUT2D eigenvalue weighted by Gasteiger charge is 2.20. The second-order valence-electron chi connectivity index (χ2n) is 6.38. The molecule has 7 heteroatoms. The van der Waals surface area contributed by atoms with Crippen molar-refractivity contribution in [2.75, 3.05) is 0 Å². The molecule has 0 atom stereocenters. The third kappa shape index (κ3) is 14.5. The van der Waals surface area contributed by atoms with Gasteiger partial charge < -0.3 is 0 Å². The number of unbranched alkanes of at least 4 members (excludes halogenated alkanes) is 8. The third-order valence-corrected chi connectivity index (χ3v) is 4.07. The molecule has 0 amide bonds. The van der Waals surface area contributed by atoms with Gasteiger partial charge in [-0.15, -0.1) is 0 Å². The summed E-state index contributed by atoms with van der Waals surface area (Å²) in [4.78, 5) is 31.3. The monoisotopic (exact) mass is 379 g/mol. The van der Waals surface area contributed by atoms with Crippen molar-refractivity contribution < 1.29 is 14.6 Å². The Morgan fingerprint density at radius 2 is 1.48 bits per heavy atom.